The molecular formula is C24H16F3N3O6. The first kappa shape index (κ1) is 23.4. The number of fused-ring (bicyclic) bond motifs is 5. The molecule has 2 aromatic rings. The van der Waals surface area contributed by atoms with Crippen molar-refractivity contribution < 1.29 is 37.2 Å². The number of allylic oxidation sites excluding steroid dienone is 2. The van der Waals surface area contributed by atoms with Crippen LogP contribution in [0.2, 0.25) is 0 Å². The van der Waals surface area contributed by atoms with E-state index in [0.717, 1.165) is 41.9 Å². The highest BCUT2D eigenvalue weighted by atomic mass is 19.4. The predicted octanol–water partition coefficient (Wildman–Crippen LogP) is 3.97. The van der Waals surface area contributed by atoms with E-state index in [4.69, 9.17) is 4.74 Å². The summed E-state index contributed by atoms with van der Waals surface area (Å²) in [6.45, 7) is 0. The fraction of sp³-hybridized carbons (Fsp3) is 0.250. The van der Waals surface area contributed by atoms with Crippen LogP contribution < -0.4 is 4.74 Å². The second-order valence-electron chi connectivity index (χ2n) is 8.65. The minimum atomic E-state index is -4.71. The van der Waals surface area contributed by atoms with Gasteiger partial charge in [0.05, 0.1) is 34.1 Å². The number of nitrogens with zero attached hydrogens (tertiary/aromatic N) is 3. The molecular weight excluding hydrogens is 483 g/mol. The van der Waals surface area contributed by atoms with Crippen LogP contribution in [0.25, 0.3) is 0 Å². The minimum Gasteiger partial charge on any atom is -0.415 e. The molecule has 5 rings (SSSR count). The molecule has 12 heteroatoms. The number of hydrazone groups is 1. The Morgan fingerprint density at radius 2 is 1.72 bits per heavy atom. The molecule has 0 radical (unpaired) electrons. The fourth-order valence-corrected chi connectivity index (χ4v) is 4.99. The number of benzene rings is 2. The van der Waals surface area contributed by atoms with E-state index < -0.39 is 63.3 Å². The molecule has 9 nitrogen and oxygen atoms in total. The second kappa shape index (κ2) is 8.40. The van der Waals surface area contributed by atoms with Gasteiger partial charge in [-0.1, -0.05) is 24.3 Å². The van der Waals surface area contributed by atoms with Gasteiger partial charge in [0.25, 0.3) is 11.8 Å². The van der Waals surface area contributed by atoms with Gasteiger partial charge in [-0.25, -0.2) is 4.79 Å². The molecule has 0 N–H and O–H groups in total. The summed E-state index contributed by atoms with van der Waals surface area (Å²) in [4.78, 5) is 49.0. The van der Waals surface area contributed by atoms with Crippen molar-refractivity contribution in [3.05, 3.63) is 81.4 Å². The second-order valence-corrected chi connectivity index (χ2v) is 8.65. The molecule has 1 heterocycles. The van der Waals surface area contributed by atoms with Gasteiger partial charge in [-0.15, -0.1) is 0 Å². The number of amides is 2. The lowest BCUT2D eigenvalue weighted by Gasteiger charge is -2.13. The molecule has 0 aromatic heterocycles. The van der Waals surface area contributed by atoms with Crippen molar-refractivity contribution in [2.75, 3.05) is 0 Å². The summed E-state index contributed by atoms with van der Waals surface area (Å²) >= 11 is 0. The molecule has 184 valence electrons. The maximum atomic E-state index is 13.0. The number of nitro groups is 1. The van der Waals surface area contributed by atoms with E-state index in [1.807, 2.05) is 12.2 Å². The zero-order valence-corrected chi connectivity index (χ0v) is 18.2. The Labute approximate surface area is 201 Å². The average Bonchev–Trinajstić information content (AvgIpc) is 3.52. The van der Waals surface area contributed by atoms with Gasteiger partial charge in [-0.05, 0) is 42.5 Å². The number of nitro benzene ring substituents is 1. The van der Waals surface area contributed by atoms with Crippen molar-refractivity contribution in [2.45, 2.75) is 12.6 Å². The van der Waals surface area contributed by atoms with Crippen molar-refractivity contribution in [2.24, 2.45) is 28.8 Å². The van der Waals surface area contributed by atoms with Crippen LogP contribution in [0.1, 0.15) is 27.9 Å². The summed E-state index contributed by atoms with van der Waals surface area (Å²) in [5, 5.41) is 16.2. The molecule has 2 aromatic carbocycles. The molecule has 3 aliphatic rings. The molecule has 0 spiro atoms. The first-order chi connectivity index (χ1) is 17.1. The van der Waals surface area contributed by atoms with Gasteiger partial charge in [0.2, 0.25) is 5.75 Å². The van der Waals surface area contributed by atoms with E-state index in [9.17, 15) is 37.7 Å². The molecule has 1 saturated carbocycles. The number of carbonyl (C=O) groups is 3. The van der Waals surface area contributed by atoms with Gasteiger partial charge < -0.3 is 4.74 Å². The van der Waals surface area contributed by atoms with E-state index in [2.05, 4.69) is 5.10 Å². The highest BCUT2D eigenvalue weighted by molar-refractivity contribution is 6.07. The summed E-state index contributed by atoms with van der Waals surface area (Å²) in [5.41, 5.74) is -2.35. The Morgan fingerprint density at radius 3 is 2.33 bits per heavy atom. The normalized spacial score (nSPS) is 24.6. The van der Waals surface area contributed by atoms with Gasteiger partial charge in [-0.3, -0.25) is 19.7 Å². The van der Waals surface area contributed by atoms with Crippen LogP contribution in [0, 0.1) is 33.8 Å². The SMILES string of the molecule is O=C(Oc1c(C=NN2C(=O)[C@@H]3[C@H](C2=O)[C@H]2C=C[C@H]3C2)cccc1[N+](=O)[O-])c1cccc(C(F)(F)F)c1. The number of hydrogen-bond donors (Lipinski definition) is 0. The number of carbonyl (C=O) groups excluding carboxylic acids is 3. The van der Waals surface area contributed by atoms with Gasteiger partial charge in [-0.2, -0.15) is 23.3 Å². The molecule has 1 saturated heterocycles. The van der Waals surface area contributed by atoms with Crippen LogP contribution in [0.3, 0.4) is 0 Å². The number of alkyl halides is 3. The van der Waals surface area contributed by atoms with Crippen molar-refractivity contribution >= 4 is 29.7 Å². The van der Waals surface area contributed by atoms with Gasteiger partial charge >= 0.3 is 17.8 Å². The van der Waals surface area contributed by atoms with E-state index in [-0.39, 0.29) is 17.4 Å². The highest BCUT2D eigenvalue weighted by Gasteiger charge is 2.59. The molecule has 2 fully saturated rings. The van der Waals surface area contributed by atoms with Crippen LogP contribution >= 0.6 is 0 Å². The van der Waals surface area contributed by atoms with Crippen molar-refractivity contribution in [1.82, 2.24) is 5.01 Å². The van der Waals surface area contributed by atoms with E-state index >= 15 is 0 Å². The van der Waals surface area contributed by atoms with E-state index in [1.54, 1.807) is 0 Å². The maximum absolute atomic E-state index is 13.0. The number of para-hydroxylation sites is 1. The van der Waals surface area contributed by atoms with Gasteiger partial charge in [0.15, 0.2) is 0 Å². The van der Waals surface area contributed by atoms with Gasteiger partial charge in [0, 0.05) is 11.6 Å². The van der Waals surface area contributed by atoms with Crippen molar-refractivity contribution in [1.29, 1.82) is 0 Å². The van der Waals surface area contributed by atoms with Gasteiger partial charge in [0.1, 0.15) is 0 Å². The zero-order chi connectivity index (χ0) is 25.8. The van der Waals surface area contributed by atoms with Crippen LogP contribution in [0.4, 0.5) is 18.9 Å². The first-order valence-corrected chi connectivity index (χ1v) is 10.8. The molecule has 36 heavy (non-hydrogen) atoms. The lowest BCUT2D eigenvalue weighted by atomic mass is 9.85. The summed E-state index contributed by atoms with van der Waals surface area (Å²) in [7, 11) is 0. The Balaban J connectivity index is 1.44. The van der Waals surface area contributed by atoms with Crippen LogP contribution in [0.5, 0.6) is 5.75 Å². The Kier molecular flexibility index (Phi) is 5.46. The average molecular weight is 499 g/mol. The zero-order valence-electron chi connectivity index (χ0n) is 18.2. The summed E-state index contributed by atoms with van der Waals surface area (Å²) in [6.07, 6.45) is 0.819. The lowest BCUT2D eigenvalue weighted by Crippen LogP contribution is -2.28. The third kappa shape index (κ3) is 3.84. The van der Waals surface area contributed by atoms with E-state index in [1.165, 1.54) is 12.1 Å². The number of halogens is 3. The molecule has 2 aliphatic carbocycles. The highest BCUT2D eigenvalue weighted by Crippen LogP contribution is 2.52. The fourth-order valence-electron chi connectivity index (χ4n) is 4.99. The largest absolute Gasteiger partial charge is 0.416 e. The van der Waals surface area contributed by atoms with E-state index in [0.29, 0.717) is 6.07 Å². The number of ether oxygens (including phenoxy) is 1. The Morgan fingerprint density at radius 1 is 1.08 bits per heavy atom. The third-order valence-electron chi connectivity index (χ3n) is 6.60. The smallest absolute Gasteiger partial charge is 0.415 e. The Hall–Kier alpha value is -4.35. The van der Waals surface area contributed by atoms with Crippen molar-refractivity contribution in [3.8, 4) is 5.75 Å². The summed E-state index contributed by atoms with van der Waals surface area (Å²) < 4.78 is 44.2. The number of imide groups is 1. The minimum absolute atomic E-state index is 0.0431. The number of hydrogen-bond acceptors (Lipinski definition) is 7. The maximum Gasteiger partial charge on any atom is 0.416 e. The number of rotatable bonds is 5. The molecule has 1 aliphatic heterocycles. The molecule has 0 unspecified atom stereocenters. The first-order valence-electron chi connectivity index (χ1n) is 10.8. The topological polar surface area (TPSA) is 119 Å². The quantitative estimate of drug-likeness (QED) is 0.117. The number of esters is 1. The summed E-state index contributed by atoms with van der Waals surface area (Å²) in [5.74, 6) is -3.92. The Bertz CT molecular complexity index is 1340. The van der Waals surface area contributed by atoms with Crippen molar-refractivity contribution in [3.63, 3.8) is 0 Å². The molecule has 4 atom stereocenters. The van der Waals surface area contributed by atoms with Crippen LogP contribution in [0.15, 0.2) is 59.7 Å². The third-order valence-corrected chi connectivity index (χ3v) is 6.60. The molecule has 2 amide bonds. The standard InChI is InChI=1S/C24H16F3N3O6/c25-24(26,27)16-5-1-3-14(10-16)23(33)36-20-15(4-2-6-17(20)30(34)35)11-28-29-21(31)18-12-7-8-13(9-12)19(18)22(29)32/h1-8,10-13,18-19H,9H2/t12-,13-,18-,19+/m0/s1. The van der Waals surface area contributed by atoms with Crippen LogP contribution in [-0.2, 0) is 15.8 Å². The monoisotopic (exact) mass is 499 g/mol. The predicted molar refractivity (Wildman–Crippen MR) is 117 cm³/mol. The summed E-state index contributed by atoms with van der Waals surface area (Å²) in [6, 6.07) is 7.00. The van der Waals surface area contributed by atoms with Crippen LogP contribution in [-0.4, -0.2) is 33.9 Å². The lowest BCUT2D eigenvalue weighted by molar-refractivity contribution is -0.385. The molecule has 2 bridgehead atoms.